The van der Waals surface area contributed by atoms with Gasteiger partial charge in [-0.25, -0.2) is 0 Å². The molecule has 0 fully saturated rings. The number of benzene rings is 1. The Morgan fingerprint density at radius 2 is 2.17 bits per heavy atom. The van der Waals surface area contributed by atoms with E-state index in [-0.39, 0.29) is 6.04 Å². The molecule has 0 aliphatic rings. The van der Waals surface area contributed by atoms with Gasteiger partial charge in [0.2, 0.25) is 0 Å². The van der Waals surface area contributed by atoms with Gasteiger partial charge in [0, 0.05) is 20.8 Å². The van der Waals surface area contributed by atoms with E-state index in [9.17, 15) is 0 Å². The number of thiophene rings is 1. The quantitative estimate of drug-likeness (QED) is 0.903. The third-order valence-corrected chi connectivity index (χ3v) is 4.39. The smallest absolute Gasteiger partial charge is 0.122 e. The zero-order chi connectivity index (χ0) is 13.1. The predicted molar refractivity (Wildman–Crippen MR) is 80.1 cm³/mol. The lowest BCUT2D eigenvalue weighted by Gasteiger charge is -2.11. The number of ether oxygens (including phenoxy) is 1. The molecule has 4 heteroatoms. The van der Waals surface area contributed by atoms with Crippen LogP contribution in [-0.4, -0.2) is 0 Å². The van der Waals surface area contributed by atoms with Crippen molar-refractivity contribution in [2.75, 3.05) is 0 Å². The molecule has 0 unspecified atom stereocenters. The van der Waals surface area contributed by atoms with E-state index in [1.165, 1.54) is 4.88 Å². The molecule has 96 valence electrons. The molecule has 1 aromatic carbocycles. The first kappa shape index (κ1) is 13.6. The summed E-state index contributed by atoms with van der Waals surface area (Å²) in [4.78, 5) is 1.21. The maximum Gasteiger partial charge on any atom is 0.122 e. The van der Waals surface area contributed by atoms with Crippen LogP contribution >= 0.6 is 27.3 Å². The molecule has 1 atom stereocenters. The van der Waals surface area contributed by atoms with E-state index >= 15 is 0 Å². The SMILES string of the molecule is Cc1cc([C@@H](C)N)ccc1OCc1cc(Br)cs1. The van der Waals surface area contributed by atoms with E-state index in [0.29, 0.717) is 6.61 Å². The van der Waals surface area contributed by atoms with E-state index in [2.05, 4.69) is 33.4 Å². The number of rotatable bonds is 4. The Kier molecular flexibility index (Phi) is 4.43. The minimum Gasteiger partial charge on any atom is -0.488 e. The summed E-state index contributed by atoms with van der Waals surface area (Å²) in [5.41, 5.74) is 8.12. The van der Waals surface area contributed by atoms with Gasteiger partial charge in [0.05, 0.1) is 0 Å². The number of aryl methyl sites for hydroxylation is 1. The van der Waals surface area contributed by atoms with Crippen molar-refractivity contribution in [3.05, 3.63) is 50.1 Å². The van der Waals surface area contributed by atoms with Crippen LogP contribution in [0.1, 0.15) is 29.0 Å². The molecule has 1 heterocycles. The minimum atomic E-state index is 0.0611. The predicted octanol–water partition coefficient (Wildman–Crippen LogP) is 4.42. The fourth-order valence-corrected chi connectivity index (χ4v) is 3.06. The first-order valence-corrected chi connectivity index (χ1v) is 7.45. The van der Waals surface area contributed by atoms with Crippen LogP contribution in [0.4, 0.5) is 0 Å². The highest BCUT2D eigenvalue weighted by Gasteiger charge is 2.05. The molecule has 2 nitrogen and oxygen atoms in total. The Morgan fingerprint density at radius 1 is 1.39 bits per heavy atom. The van der Waals surface area contributed by atoms with E-state index in [1.54, 1.807) is 11.3 Å². The Balaban J connectivity index is 2.05. The average molecular weight is 326 g/mol. The molecule has 0 saturated heterocycles. The number of nitrogens with two attached hydrogens (primary N) is 1. The van der Waals surface area contributed by atoms with Crippen molar-refractivity contribution in [1.82, 2.24) is 0 Å². The van der Waals surface area contributed by atoms with Crippen molar-refractivity contribution in [1.29, 1.82) is 0 Å². The van der Waals surface area contributed by atoms with Crippen LogP contribution in [0, 0.1) is 6.92 Å². The zero-order valence-corrected chi connectivity index (χ0v) is 12.8. The van der Waals surface area contributed by atoms with Crippen LogP contribution < -0.4 is 10.5 Å². The van der Waals surface area contributed by atoms with E-state index in [0.717, 1.165) is 21.3 Å². The van der Waals surface area contributed by atoms with Crippen LogP contribution in [0.3, 0.4) is 0 Å². The number of hydrogen-bond acceptors (Lipinski definition) is 3. The van der Waals surface area contributed by atoms with Crippen molar-refractivity contribution in [3.8, 4) is 5.75 Å². The normalized spacial score (nSPS) is 12.4. The molecule has 18 heavy (non-hydrogen) atoms. The van der Waals surface area contributed by atoms with Crippen LogP contribution in [0.15, 0.2) is 34.1 Å². The number of hydrogen-bond donors (Lipinski definition) is 1. The summed E-state index contributed by atoms with van der Waals surface area (Å²) in [7, 11) is 0. The van der Waals surface area contributed by atoms with Crippen LogP contribution in [-0.2, 0) is 6.61 Å². The molecule has 1 aromatic heterocycles. The molecule has 0 aliphatic heterocycles. The maximum absolute atomic E-state index is 5.86. The van der Waals surface area contributed by atoms with Crippen LogP contribution in [0.25, 0.3) is 0 Å². The van der Waals surface area contributed by atoms with Crippen LogP contribution in [0.2, 0.25) is 0 Å². The first-order chi connectivity index (χ1) is 8.56. The Labute approximate surface area is 120 Å². The molecular weight excluding hydrogens is 310 g/mol. The Hall–Kier alpha value is -0.840. The largest absolute Gasteiger partial charge is 0.488 e. The van der Waals surface area contributed by atoms with Crippen molar-refractivity contribution in [3.63, 3.8) is 0 Å². The second-order valence-corrected chi connectivity index (χ2v) is 6.24. The summed E-state index contributed by atoms with van der Waals surface area (Å²) in [6.45, 7) is 4.64. The van der Waals surface area contributed by atoms with E-state index < -0.39 is 0 Å². The highest BCUT2D eigenvalue weighted by Crippen LogP contribution is 2.25. The van der Waals surface area contributed by atoms with Crippen molar-refractivity contribution in [2.45, 2.75) is 26.5 Å². The molecule has 0 aliphatic carbocycles. The molecule has 2 rings (SSSR count). The van der Waals surface area contributed by atoms with Gasteiger partial charge >= 0.3 is 0 Å². The van der Waals surface area contributed by atoms with Gasteiger partial charge in [-0.1, -0.05) is 12.1 Å². The molecule has 0 bridgehead atoms. The molecular formula is C14H16BrNOS. The highest BCUT2D eigenvalue weighted by atomic mass is 79.9. The van der Waals surface area contributed by atoms with Gasteiger partial charge in [0.25, 0.3) is 0 Å². The van der Waals surface area contributed by atoms with E-state index in [4.69, 9.17) is 10.5 Å². The zero-order valence-electron chi connectivity index (χ0n) is 10.4. The third-order valence-electron chi connectivity index (χ3n) is 2.72. The summed E-state index contributed by atoms with van der Waals surface area (Å²) in [6, 6.07) is 8.25. The lowest BCUT2D eigenvalue weighted by molar-refractivity contribution is 0.307. The summed E-state index contributed by atoms with van der Waals surface area (Å²) in [5, 5.41) is 2.06. The lowest BCUT2D eigenvalue weighted by Crippen LogP contribution is -2.05. The molecule has 0 radical (unpaired) electrons. The second-order valence-electron chi connectivity index (χ2n) is 4.33. The summed E-state index contributed by atoms with van der Waals surface area (Å²) < 4.78 is 6.93. The van der Waals surface area contributed by atoms with Crippen molar-refractivity contribution >= 4 is 27.3 Å². The Morgan fingerprint density at radius 3 is 2.72 bits per heavy atom. The summed E-state index contributed by atoms with van der Waals surface area (Å²) in [5.74, 6) is 0.920. The third kappa shape index (κ3) is 3.34. The highest BCUT2D eigenvalue weighted by molar-refractivity contribution is 9.10. The van der Waals surface area contributed by atoms with Gasteiger partial charge in [-0.3, -0.25) is 0 Å². The standard InChI is InChI=1S/C14H16BrNOS/c1-9-5-11(10(2)16)3-4-14(9)17-7-13-6-12(15)8-18-13/h3-6,8,10H,7,16H2,1-2H3/t10-/m1/s1. The topological polar surface area (TPSA) is 35.2 Å². The molecule has 2 aromatic rings. The van der Waals surface area contributed by atoms with Crippen molar-refractivity contribution < 1.29 is 4.74 Å². The van der Waals surface area contributed by atoms with Gasteiger partial charge in [-0.05, 0) is 53.0 Å². The average Bonchev–Trinajstić information content (AvgIpc) is 2.73. The van der Waals surface area contributed by atoms with Gasteiger partial charge < -0.3 is 10.5 Å². The van der Waals surface area contributed by atoms with Gasteiger partial charge in [-0.15, -0.1) is 11.3 Å². The van der Waals surface area contributed by atoms with Gasteiger partial charge in [0.1, 0.15) is 12.4 Å². The summed E-state index contributed by atoms with van der Waals surface area (Å²) in [6.07, 6.45) is 0. The first-order valence-electron chi connectivity index (χ1n) is 5.78. The van der Waals surface area contributed by atoms with Gasteiger partial charge in [-0.2, -0.15) is 0 Å². The van der Waals surface area contributed by atoms with Gasteiger partial charge in [0.15, 0.2) is 0 Å². The number of halogens is 1. The van der Waals surface area contributed by atoms with E-state index in [1.807, 2.05) is 26.0 Å². The lowest BCUT2D eigenvalue weighted by atomic mass is 10.1. The Bertz CT molecular complexity index is 536. The fourth-order valence-electron chi connectivity index (χ4n) is 1.70. The van der Waals surface area contributed by atoms with Crippen LogP contribution in [0.5, 0.6) is 5.75 Å². The monoisotopic (exact) mass is 325 g/mol. The molecule has 0 spiro atoms. The fraction of sp³-hybridized carbons (Fsp3) is 0.286. The molecule has 2 N–H and O–H groups in total. The maximum atomic E-state index is 5.86. The molecule has 0 amide bonds. The van der Waals surface area contributed by atoms with Crippen molar-refractivity contribution in [2.24, 2.45) is 5.73 Å². The summed E-state index contributed by atoms with van der Waals surface area (Å²) >= 11 is 5.13. The second kappa shape index (κ2) is 5.87. The molecule has 0 saturated carbocycles. The minimum absolute atomic E-state index is 0.0611.